The van der Waals surface area contributed by atoms with E-state index in [1.54, 1.807) is 12.0 Å². The summed E-state index contributed by atoms with van der Waals surface area (Å²) in [5.41, 5.74) is 1.20. The van der Waals surface area contributed by atoms with Gasteiger partial charge in [-0.1, -0.05) is 30.3 Å². The van der Waals surface area contributed by atoms with Crippen LogP contribution >= 0.6 is 0 Å². The summed E-state index contributed by atoms with van der Waals surface area (Å²) in [6, 6.07) is 16.2. The fourth-order valence-corrected chi connectivity index (χ4v) is 3.63. The number of benzene rings is 2. The van der Waals surface area contributed by atoms with Crippen LogP contribution in [-0.2, 0) is 9.53 Å². The van der Waals surface area contributed by atoms with E-state index in [-0.39, 0.29) is 0 Å². The van der Waals surface area contributed by atoms with Crippen LogP contribution in [0.2, 0.25) is 0 Å². The molecule has 6 heteroatoms. The number of amides is 1. The molecule has 2 aromatic carbocycles. The molecule has 1 aliphatic rings. The molecular weight excluding hydrogens is 368 g/mol. The first kappa shape index (κ1) is 20.7. The van der Waals surface area contributed by atoms with Crippen molar-refractivity contribution in [1.82, 2.24) is 4.90 Å². The molecule has 3 rings (SSSR count). The van der Waals surface area contributed by atoms with E-state index in [1.807, 2.05) is 80.3 Å². The highest BCUT2D eigenvalue weighted by molar-refractivity contribution is 5.75. The third-order valence-electron chi connectivity index (χ3n) is 4.91. The summed E-state index contributed by atoms with van der Waals surface area (Å²) < 4.78 is 10.9. The number of piperazine rings is 1. The van der Waals surface area contributed by atoms with E-state index in [4.69, 9.17) is 9.47 Å². The zero-order valence-electron chi connectivity index (χ0n) is 17.4. The average Bonchev–Trinajstić information content (AvgIpc) is 2.72. The molecule has 2 unspecified atom stereocenters. The van der Waals surface area contributed by atoms with Gasteiger partial charge in [-0.15, -0.1) is 0 Å². The lowest BCUT2D eigenvalue weighted by Gasteiger charge is -2.46. The van der Waals surface area contributed by atoms with Crippen LogP contribution in [0.5, 0.6) is 5.75 Å². The van der Waals surface area contributed by atoms with Crippen molar-refractivity contribution in [1.29, 1.82) is 0 Å². The Bertz CT molecular complexity index is 830. The van der Waals surface area contributed by atoms with Gasteiger partial charge in [-0.25, -0.2) is 4.79 Å². The highest BCUT2D eigenvalue weighted by Gasteiger charge is 2.41. The molecule has 0 bridgehead atoms. The van der Waals surface area contributed by atoms with Crippen molar-refractivity contribution >= 4 is 18.1 Å². The van der Waals surface area contributed by atoms with Crippen molar-refractivity contribution in [3.8, 4) is 5.75 Å². The minimum Gasteiger partial charge on any atom is -0.497 e. The maximum absolute atomic E-state index is 12.9. The first-order chi connectivity index (χ1) is 13.8. The maximum Gasteiger partial charge on any atom is 0.410 e. The van der Waals surface area contributed by atoms with Gasteiger partial charge in [0.2, 0.25) is 0 Å². The molecule has 6 nitrogen and oxygen atoms in total. The van der Waals surface area contributed by atoms with Crippen molar-refractivity contribution < 1.29 is 19.1 Å². The third-order valence-corrected chi connectivity index (χ3v) is 4.91. The molecule has 154 valence electrons. The standard InChI is InChI=1S/C23H28N2O4/c1-23(2,3)29-22(27)25-15-14-24(18-10-12-19(28-4)13-11-18)20(16-26)21(25)17-8-6-5-7-9-17/h5-13,16,20-21H,14-15H2,1-4H3. The average molecular weight is 396 g/mol. The van der Waals surface area contributed by atoms with Crippen LogP contribution in [0.3, 0.4) is 0 Å². The second-order valence-corrected chi connectivity index (χ2v) is 8.05. The summed E-state index contributed by atoms with van der Waals surface area (Å²) in [5, 5.41) is 0. The molecule has 0 radical (unpaired) electrons. The van der Waals surface area contributed by atoms with Crippen molar-refractivity contribution in [3.05, 3.63) is 60.2 Å². The van der Waals surface area contributed by atoms with Gasteiger partial charge in [-0.05, 0) is 50.6 Å². The van der Waals surface area contributed by atoms with Gasteiger partial charge in [0, 0.05) is 18.8 Å². The Morgan fingerprint density at radius 2 is 1.69 bits per heavy atom. The number of aldehydes is 1. The lowest BCUT2D eigenvalue weighted by atomic mass is 9.94. The summed E-state index contributed by atoms with van der Waals surface area (Å²) in [5.74, 6) is 0.753. The number of hydrogen-bond acceptors (Lipinski definition) is 5. The van der Waals surface area contributed by atoms with Gasteiger partial charge < -0.3 is 19.2 Å². The molecule has 0 aromatic heterocycles. The van der Waals surface area contributed by atoms with Gasteiger partial charge in [0.25, 0.3) is 0 Å². The predicted molar refractivity (Wildman–Crippen MR) is 112 cm³/mol. The predicted octanol–water partition coefficient (Wildman–Crippen LogP) is 4.06. The van der Waals surface area contributed by atoms with Crippen LogP contribution in [0, 0.1) is 0 Å². The molecule has 1 aliphatic heterocycles. The molecule has 0 aliphatic carbocycles. The molecule has 2 atom stereocenters. The Morgan fingerprint density at radius 3 is 2.24 bits per heavy atom. The van der Waals surface area contributed by atoms with Gasteiger partial charge in [-0.2, -0.15) is 0 Å². The zero-order valence-corrected chi connectivity index (χ0v) is 17.4. The maximum atomic E-state index is 12.9. The molecule has 0 saturated carbocycles. The third kappa shape index (κ3) is 4.70. The zero-order chi connectivity index (χ0) is 21.0. The Kier molecular flexibility index (Phi) is 6.11. The molecule has 2 aromatic rings. The minimum absolute atomic E-state index is 0.410. The van der Waals surface area contributed by atoms with E-state index in [0.29, 0.717) is 13.1 Å². The number of nitrogens with zero attached hydrogens (tertiary/aromatic N) is 2. The highest BCUT2D eigenvalue weighted by Crippen LogP contribution is 2.35. The van der Waals surface area contributed by atoms with E-state index < -0.39 is 23.8 Å². The molecule has 1 saturated heterocycles. The molecule has 1 amide bonds. The quantitative estimate of drug-likeness (QED) is 0.730. The highest BCUT2D eigenvalue weighted by atomic mass is 16.6. The fraction of sp³-hybridized carbons (Fsp3) is 0.391. The lowest BCUT2D eigenvalue weighted by molar-refractivity contribution is -0.111. The molecule has 0 N–H and O–H groups in total. The lowest BCUT2D eigenvalue weighted by Crippen LogP contribution is -2.58. The van der Waals surface area contributed by atoms with E-state index in [9.17, 15) is 9.59 Å². The van der Waals surface area contributed by atoms with E-state index in [0.717, 1.165) is 23.3 Å². The van der Waals surface area contributed by atoms with Crippen LogP contribution in [0.15, 0.2) is 54.6 Å². The topological polar surface area (TPSA) is 59.1 Å². The smallest absolute Gasteiger partial charge is 0.410 e. The van der Waals surface area contributed by atoms with Gasteiger partial charge in [0.15, 0.2) is 0 Å². The molecule has 1 fully saturated rings. The van der Waals surface area contributed by atoms with E-state index in [1.165, 1.54) is 0 Å². The van der Waals surface area contributed by atoms with E-state index >= 15 is 0 Å². The van der Waals surface area contributed by atoms with Gasteiger partial charge in [0.1, 0.15) is 23.7 Å². The second-order valence-electron chi connectivity index (χ2n) is 8.05. The molecule has 0 spiro atoms. The first-order valence-corrected chi connectivity index (χ1v) is 9.74. The van der Waals surface area contributed by atoms with Gasteiger partial charge in [0.05, 0.1) is 13.2 Å². The Balaban J connectivity index is 1.97. The Morgan fingerprint density at radius 1 is 1.03 bits per heavy atom. The van der Waals surface area contributed by atoms with Gasteiger partial charge >= 0.3 is 6.09 Å². The van der Waals surface area contributed by atoms with Crippen LogP contribution in [0.25, 0.3) is 0 Å². The van der Waals surface area contributed by atoms with Crippen molar-refractivity contribution in [2.75, 3.05) is 25.1 Å². The minimum atomic E-state index is -0.609. The van der Waals surface area contributed by atoms with Crippen molar-refractivity contribution in [3.63, 3.8) is 0 Å². The van der Waals surface area contributed by atoms with Crippen LogP contribution in [0.1, 0.15) is 32.4 Å². The molecule has 1 heterocycles. The van der Waals surface area contributed by atoms with Crippen molar-refractivity contribution in [2.45, 2.75) is 38.5 Å². The number of rotatable bonds is 4. The Hall–Kier alpha value is -3.02. The first-order valence-electron chi connectivity index (χ1n) is 9.74. The van der Waals surface area contributed by atoms with Crippen LogP contribution < -0.4 is 9.64 Å². The second kappa shape index (κ2) is 8.55. The van der Waals surface area contributed by atoms with E-state index in [2.05, 4.69) is 0 Å². The SMILES string of the molecule is COc1ccc(N2CCN(C(=O)OC(C)(C)C)C(c3ccccc3)C2C=O)cc1. The monoisotopic (exact) mass is 396 g/mol. The largest absolute Gasteiger partial charge is 0.497 e. The van der Waals surface area contributed by atoms with Gasteiger partial charge in [-0.3, -0.25) is 4.90 Å². The number of hydrogen-bond donors (Lipinski definition) is 0. The summed E-state index contributed by atoms with van der Waals surface area (Å²) in [6.07, 6.45) is 0.505. The molecular formula is C23H28N2O4. The summed E-state index contributed by atoms with van der Waals surface area (Å²) in [6.45, 7) is 6.50. The van der Waals surface area contributed by atoms with Crippen LogP contribution in [0.4, 0.5) is 10.5 Å². The number of carbonyl (C=O) groups is 2. The Labute approximate surface area is 172 Å². The number of ether oxygens (including phenoxy) is 2. The summed E-state index contributed by atoms with van der Waals surface area (Å²) in [4.78, 5) is 28.9. The normalized spacial score (nSPS) is 19.6. The number of anilines is 1. The number of carbonyl (C=O) groups excluding carboxylic acids is 2. The van der Waals surface area contributed by atoms with Crippen LogP contribution in [-0.4, -0.2) is 49.1 Å². The molecule has 29 heavy (non-hydrogen) atoms. The fourth-order valence-electron chi connectivity index (χ4n) is 3.63. The summed E-state index contributed by atoms with van der Waals surface area (Å²) in [7, 11) is 1.62. The van der Waals surface area contributed by atoms with Crippen molar-refractivity contribution in [2.24, 2.45) is 0 Å². The summed E-state index contributed by atoms with van der Waals surface area (Å²) >= 11 is 0. The number of methoxy groups -OCH3 is 1.